The first-order chi connectivity index (χ1) is 12.3. The van der Waals surface area contributed by atoms with Crippen molar-refractivity contribution in [2.75, 3.05) is 7.11 Å². The van der Waals surface area contributed by atoms with Crippen molar-refractivity contribution in [1.82, 2.24) is 4.98 Å². The molecule has 136 valence electrons. The predicted octanol–water partition coefficient (Wildman–Crippen LogP) is 2.77. The zero-order chi connectivity index (χ0) is 18.9. The molecule has 26 heavy (non-hydrogen) atoms. The van der Waals surface area contributed by atoms with Crippen molar-refractivity contribution < 1.29 is 17.9 Å². The molecule has 1 atom stereocenters. The van der Waals surface area contributed by atoms with Gasteiger partial charge < -0.3 is 15.5 Å². The van der Waals surface area contributed by atoms with Crippen molar-refractivity contribution in [1.29, 1.82) is 0 Å². The highest BCUT2D eigenvalue weighted by Crippen LogP contribution is 2.30. The van der Waals surface area contributed by atoms with Gasteiger partial charge in [-0.2, -0.15) is 0 Å². The number of aromatic nitrogens is 1. The number of carbonyl (C=O) groups is 1. The lowest BCUT2D eigenvalue weighted by atomic mass is 10.1. The summed E-state index contributed by atoms with van der Waals surface area (Å²) in [5, 5.41) is 0.803. The van der Waals surface area contributed by atoms with Crippen LogP contribution < -0.4 is 5.73 Å². The zero-order valence-electron chi connectivity index (χ0n) is 13.9. The third-order valence-electron chi connectivity index (χ3n) is 4.26. The Morgan fingerprint density at radius 3 is 2.50 bits per heavy atom. The van der Waals surface area contributed by atoms with Crippen molar-refractivity contribution in [3.63, 3.8) is 0 Å². The van der Waals surface area contributed by atoms with Crippen LogP contribution in [0.4, 0.5) is 0 Å². The third kappa shape index (κ3) is 3.04. The Kier molecular flexibility index (Phi) is 4.92. The molecule has 0 saturated carbocycles. The first-order valence-corrected chi connectivity index (χ1v) is 10.00. The Labute approximate surface area is 159 Å². The molecule has 0 spiro atoms. The normalized spacial score (nSPS) is 14.1. The molecule has 0 amide bonds. The Hall–Kier alpha value is -2.16. The van der Waals surface area contributed by atoms with Crippen LogP contribution in [-0.2, 0) is 25.8 Å². The fraction of sp³-hybridized carbons (Fsp3) is 0.167. The first-order valence-electron chi connectivity index (χ1n) is 7.72. The molecule has 0 aliphatic heterocycles. The van der Waals surface area contributed by atoms with E-state index in [1.165, 1.54) is 12.1 Å². The Bertz CT molecular complexity index is 1060. The highest BCUT2D eigenvalue weighted by Gasteiger charge is 2.49. The maximum Gasteiger partial charge on any atom is 0.342 e. The standard InChI is InChI=1S/C18H17BrN2O4S/c1-25-17(22)18(20,26(23,24)14-8-6-13(19)7-9-14)10-12-11-21-16-5-3-2-4-15(12)16/h2-9,11,21H,10,20H2,1H3/t18-/m1/s1. The second kappa shape index (κ2) is 6.86. The first kappa shape index (κ1) is 18.6. The molecule has 2 aromatic carbocycles. The van der Waals surface area contributed by atoms with E-state index >= 15 is 0 Å². The van der Waals surface area contributed by atoms with Gasteiger partial charge in [0.2, 0.25) is 14.7 Å². The van der Waals surface area contributed by atoms with E-state index in [9.17, 15) is 13.2 Å². The van der Waals surface area contributed by atoms with Gasteiger partial charge in [0.25, 0.3) is 0 Å². The summed E-state index contributed by atoms with van der Waals surface area (Å²) in [5.74, 6) is -1.01. The Balaban J connectivity index is 2.12. The van der Waals surface area contributed by atoms with Gasteiger partial charge in [0.1, 0.15) is 0 Å². The second-order valence-electron chi connectivity index (χ2n) is 5.87. The zero-order valence-corrected chi connectivity index (χ0v) is 16.3. The Morgan fingerprint density at radius 2 is 1.85 bits per heavy atom. The molecular formula is C18H17BrN2O4S. The molecule has 0 saturated heterocycles. The number of methoxy groups -OCH3 is 1. The molecule has 1 heterocycles. The number of esters is 1. The number of benzene rings is 2. The number of fused-ring (bicyclic) bond motifs is 1. The minimum absolute atomic E-state index is 0.0477. The van der Waals surface area contributed by atoms with E-state index < -0.39 is 20.7 Å². The number of halogens is 1. The monoisotopic (exact) mass is 436 g/mol. The number of sulfone groups is 1. The summed E-state index contributed by atoms with van der Waals surface area (Å²) in [6.07, 6.45) is 1.44. The minimum atomic E-state index is -4.20. The van der Waals surface area contributed by atoms with E-state index in [1.54, 1.807) is 18.3 Å². The van der Waals surface area contributed by atoms with Crippen LogP contribution in [0.3, 0.4) is 0 Å². The van der Waals surface area contributed by atoms with Crippen molar-refractivity contribution in [3.8, 4) is 0 Å². The summed E-state index contributed by atoms with van der Waals surface area (Å²) >= 11 is 3.26. The summed E-state index contributed by atoms with van der Waals surface area (Å²) < 4.78 is 31.8. The van der Waals surface area contributed by atoms with Gasteiger partial charge >= 0.3 is 5.97 Å². The van der Waals surface area contributed by atoms with E-state index in [2.05, 4.69) is 20.9 Å². The number of aromatic amines is 1. The molecule has 0 radical (unpaired) electrons. The molecular weight excluding hydrogens is 420 g/mol. The summed E-state index contributed by atoms with van der Waals surface area (Å²) in [5.41, 5.74) is 7.64. The van der Waals surface area contributed by atoms with Crippen molar-refractivity contribution in [2.24, 2.45) is 5.73 Å². The van der Waals surface area contributed by atoms with Gasteiger partial charge in [-0.1, -0.05) is 34.1 Å². The van der Waals surface area contributed by atoms with Crippen LogP contribution >= 0.6 is 15.9 Å². The van der Waals surface area contributed by atoms with Crippen molar-refractivity contribution in [2.45, 2.75) is 16.2 Å². The number of nitrogens with two attached hydrogens (primary N) is 1. The number of nitrogens with one attached hydrogen (secondary N) is 1. The van der Waals surface area contributed by atoms with E-state index in [0.29, 0.717) is 10.0 Å². The number of ether oxygens (including phenoxy) is 1. The number of H-pyrrole nitrogens is 1. The third-order valence-corrected chi connectivity index (χ3v) is 6.95. The van der Waals surface area contributed by atoms with Gasteiger partial charge in [-0.15, -0.1) is 0 Å². The summed E-state index contributed by atoms with van der Waals surface area (Å²) in [7, 11) is -3.08. The quantitative estimate of drug-likeness (QED) is 0.598. The molecule has 8 heteroatoms. The fourth-order valence-electron chi connectivity index (χ4n) is 2.83. The smallest absolute Gasteiger partial charge is 0.342 e. The van der Waals surface area contributed by atoms with Gasteiger partial charge in [0.15, 0.2) is 0 Å². The lowest BCUT2D eigenvalue weighted by Crippen LogP contribution is -2.56. The average molecular weight is 437 g/mol. The van der Waals surface area contributed by atoms with Crippen LogP contribution in [0.15, 0.2) is 64.1 Å². The highest BCUT2D eigenvalue weighted by molar-refractivity contribution is 9.10. The van der Waals surface area contributed by atoms with Gasteiger partial charge in [0.05, 0.1) is 12.0 Å². The minimum Gasteiger partial charge on any atom is -0.467 e. The average Bonchev–Trinajstić information content (AvgIpc) is 3.04. The highest BCUT2D eigenvalue weighted by atomic mass is 79.9. The van der Waals surface area contributed by atoms with Crippen LogP contribution in [0.1, 0.15) is 5.56 Å². The number of para-hydroxylation sites is 1. The number of hydrogen-bond acceptors (Lipinski definition) is 5. The van der Waals surface area contributed by atoms with E-state index in [4.69, 9.17) is 10.5 Å². The molecule has 0 fully saturated rings. The van der Waals surface area contributed by atoms with Crippen molar-refractivity contribution in [3.05, 3.63) is 64.8 Å². The lowest BCUT2D eigenvalue weighted by molar-refractivity contribution is -0.143. The number of rotatable bonds is 5. The molecule has 0 unspecified atom stereocenters. The lowest BCUT2D eigenvalue weighted by Gasteiger charge is -2.26. The van der Waals surface area contributed by atoms with Gasteiger partial charge in [-0.05, 0) is 35.9 Å². The molecule has 3 aromatic rings. The maximum absolute atomic E-state index is 13.2. The topological polar surface area (TPSA) is 102 Å². The van der Waals surface area contributed by atoms with Crippen LogP contribution in [0, 0.1) is 0 Å². The molecule has 0 aliphatic carbocycles. The molecule has 1 aromatic heterocycles. The predicted molar refractivity (Wildman–Crippen MR) is 102 cm³/mol. The number of hydrogen-bond donors (Lipinski definition) is 2. The van der Waals surface area contributed by atoms with Crippen LogP contribution in [-0.4, -0.2) is 31.4 Å². The van der Waals surface area contributed by atoms with E-state index in [0.717, 1.165) is 18.0 Å². The van der Waals surface area contributed by atoms with E-state index in [-0.39, 0.29) is 11.3 Å². The maximum atomic E-state index is 13.2. The summed E-state index contributed by atoms with van der Waals surface area (Å²) in [6, 6.07) is 13.4. The Morgan fingerprint density at radius 1 is 1.19 bits per heavy atom. The fourth-order valence-corrected chi connectivity index (χ4v) is 4.66. The molecule has 3 N–H and O–H groups in total. The van der Waals surface area contributed by atoms with Crippen LogP contribution in [0.2, 0.25) is 0 Å². The largest absolute Gasteiger partial charge is 0.467 e. The second-order valence-corrected chi connectivity index (χ2v) is 9.00. The molecule has 6 nitrogen and oxygen atoms in total. The molecule has 0 bridgehead atoms. The van der Waals surface area contributed by atoms with Gasteiger partial charge in [-0.25, -0.2) is 13.2 Å². The molecule has 3 rings (SSSR count). The summed E-state index contributed by atoms with van der Waals surface area (Å²) in [6.45, 7) is 0. The number of carbonyl (C=O) groups excluding carboxylic acids is 1. The SMILES string of the molecule is COC(=O)[C@@](N)(Cc1c[nH]c2ccccc12)S(=O)(=O)c1ccc(Br)cc1. The van der Waals surface area contributed by atoms with Gasteiger partial charge in [-0.3, -0.25) is 0 Å². The van der Waals surface area contributed by atoms with Crippen LogP contribution in [0.5, 0.6) is 0 Å². The van der Waals surface area contributed by atoms with Crippen LogP contribution in [0.25, 0.3) is 10.9 Å². The molecule has 0 aliphatic rings. The summed E-state index contributed by atoms with van der Waals surface area (Å²) in [4.78, 5) is 13.2. The van der Waals surface area contributed by atoms with Gasteiger partial charge in [0, 0.05) is 28.0 Å². The van der Waals surface area contributed by atoms with Crippen molar-refractivity contribution >= 4 is 42.6 Å². The van der Waals surface area contributed by atoms with E-state index in [1.807, 2.05) is 24.3 Å².